The van der Waals surface area contributed by atoms with E-state index < -0.39 is 11.6 Å². The molecule has 0 saturated carbocycles. The molecule has 0 unspecified atom stereocenters. The van der Waals surface area contributed by atoms with Crippen LogP contribution in [0.3, 0.4) is 0 Å². The fourth-order valence-corrected chi connectivity index (χ4v) is 2.75. The lowest BCUT2D eigenvalue weighted by Gasteiger charge is -2.20. The lowest BCUT2D eigenvalue weighted by Crippen LogP contribution is -2.23. The highest BCUT2D eigenvalue weighted by Gasteiger charge is 2.21. The molecule has 6 heteroatoms. The number of phenolic OH excluding ortho intramolecular Hbond substituents is 1. The van der Waals surface area contributed by atoms with E-state index in [1.807, 2.05) is 6.20 Å². The van der Waals surface area contributed by atoms with Gasteiger partial charge in [0.2, 0.25) is 0 Å². The zero-order chi connectivity index (χ0) is 19.1. The standard InChI is InChI=1S/C20H19N3O3/c1-20(2,3)26-19(25)14-6-5-13(9-18(14)24)15-7-12(10-21)8-17-16(15)11-23(4)22-17/h5-9,11,24H,1-4H3. The number of aryl methyl sites for hydroxylation is 1. The lowest BCUT2D eigenvalue weighted by molar-refractivity contribution is 0.00668. The highest BCUT2D eigenvalue weighted by atomic mass is 16.6. The minimum atomic E-state index is -0.648. The molecule has 0 aliphatic carbocycles. The van der Waals surface area contributed by atoms with Gasteiger partial charge in [-0.1, -0.05) is 6.07 Å². The van der Waals surface area contributed by atoms with Gasteiger partial charge in [-0.15, -0.1) is 0 Å². The van der Waals surface area contributed by atoms with Crippen molar-refractivity contribution in [2.24, 2.45) is 7.05 Å². The first-order valence-electron chi connectivity index (χ1n) is 8.12. The van der Waals surface area contributed by atoms with Crippen LogP contribution in [0.4, 0.5) is 0 Å². The molecule has 0 atom stereocenters. The van der Waals surface area contributed by atoms with E-state index in [4.69, 9.17) is 4.74 Å². The third-order valence-electron chi connectivity index (χ3n) is 3.80. The Balaban J connectivity index is 2.09. The van der Waals surface area contributed by atoms with Gasteiger partial charge in [0.15, 0.2) is 0 Å². The number of nitriles is 1. The predicted molar refractivity (Wildman–Crippen MR) is 97.7 cm³/mol. The smallest absolute Gasteiger partial charge is 0.342 e. The number of esters is 1. The summed E-state index contributed by atoms with van der Waals surface area (Å²) in [5.74, 6) is -0.755. The Morgan fingerprint density at radius 2 is 2.00 bits per heavy atom. The topological polar surface area (TPSA) is 88.1 Å². The summed E-state index contributed by atoms with van der Waals surface area (Å²) in [7, 11) is 1.80. The van der Waals surface area contributed by atoms with Gasteiger partial charge in [0.1, 0.15) is 16.9 Å². The summed E-state index contributed by atoms with van der Waals surface area (Å²) in [6.07, 6.45) is 1.85. The van der Waals surface area contributed by atoms with E-state index in [1.54, 1.807) is 50.7 Å². The van der Waals surface area contributed by atoms with Crippen LogP contribution in [0, 0.1) is 11.3 Å². The number of phenols is 1. The molecule has 1 heterocycles. The van der Waals surface area contributed by atoms with E-state index in [0.717, 1.165) is 10.9 Å². The van der Waals surface area contributed by atoms with Crippen LogP contribution in [0.1, 0.15) is 36.7 Å². The van der Waals surface area contributed by atoms with Crippen molar-refractivity contribution in [3.63, 3.8) is 0 Å². The Kier molecular flexibility index (Phi) is 4.17. The second-order valence-corrected chi connectivity index (χ2v) is 7.10. The number of fused-ring (bicyclic) bond motifs is 1. The van der Waals surface area contributed by atoms with E-state index in [1.165, 1.54) is 12.1 Å². The van der Waals surface area contributed by atoms with Gasteiger partial charge in [0, 0.05) is 18.6 Å². The van der Waals surface area contributed by atoms with Crippen molar-refractivity contribution in [3.05, 3.63) is 47.7 Å². The number of rotatable bonds is 2. The quantitative estimate of drug-likeness (QED) is 0.712. The lowest BCUT2D eigenvalue weighted by atomic mass is 9.98. The minimum absolute atomic E-state index is 0.0996. The molecule has 132 valence electrons. The maximum absolute atomic E-state index is 12.2. The average molecular weight is 349 g/mol. The SMILES string of the molecule is Cn1cc2c(-c3ccc(C(=O)OC(C)(C)C)c(O)c3)cc(C#N)cc2n1. The van der Waals surface area contributed by atoms with Gasteiger partial charge in [-0.25, -0.2) is 4.79 Å². The highest BCUT2D eigenvalue weighted by molar-refractivity contribution is 5.98. The van der Waals surface area contributed by atoms with Gasteiger partial charge in [-0.2, -0.15) is 10.4 Å². The maximum atomic E-state index is 12.2. The Morgan fingerprint density at radius 1 is 1.27 bits per heavy atom. The molecule has 0 aliphatic heterocycles. The van der Waals surface area contributed by atoms with Crippen molar-refractivity contribution in [2.45, 2.75) is 26.4 Å². The number of benzene rings is 2. The monoisotopic (exact) mass is 349 g/mol. The Labute approximate surface area is 151 Å². The molecule has 1 aromatic heterocycles. The van der Waals surface area contributed by atoms with Gasteiger partial charge < -0.3 is 9.84 Å². The zero-order valence-corrected chi connectivity index (χ0v) is 15.1. The Morgan fingerprint density at radius 3 is 2.62 bits per heavy atom. The first kappa shape index (κ1) is 17.5. The molecule has 2 aromatic carbocycles. The predicted octanol–water partition coefficient (Wildman–Crippen LogP) is 3.77. The van der Waals surface area contributed by atoms with Crippen molar-refractivity contribution in [1.29, 1.82) is 5.26 Å². The fraction of sp³-hybridized carbons (Fsp3) is 0.250. The summed E-state index contributed by atoms with van der Waals surface area (Å²) in [6, 6.07) is 10.3. The normalized spacial score (nSPS) is 11.3. The largest absolute Gasteiger partial charge is 0.507 e. The summed E-state index contributed by atoms with van der Waals surface area (Å²) in [5, 5.41) is 24.8. The number of carbonyl (C=O) groups excluding carboxylic acids is 1. The van der Waals surface area contributed by atoms with E-state index in [0.29, 0.717) is 16.6 Å². The number of hydrogen-bond donors (Lipinski definition) is 1. The third kappa shape index (κ3) is 3.38. The molecule has 0 aliphatic rings. The van der Waals surface area contributed by atoms with Gasteiger partial charge in [0.05, 0.1) is 17.1 Å². The van der Waals surface area contributed by atoms with E-state index in [9.17, 15) is 15.2 Å². The third-order valence-corrected chi connectivity index (χ3v) is 3.80. The average Bonchev–Trinajstić information content (AvgIpc) is 2.91. The highest BCUT2D eigenvalue weighted by Crippen LogP contribution is 2.33. The van der Waals surface area contributed by atoms with Crippen molar-refractivity contribution in [2.75, 3.05) is 0 Å². The number of aromatic hydroxyl groups is 1. The van der Waals surface area contributed by atoms with Crippen molar-refractivity contribution >= 4 is 16.9 Å². The molecule has 0 saturated heterocycles. The van der Waals surface area contributed by atoms with Crippen molar-refractivity contribution in [1.82, 2.24) is 9.78 Å². The number of ether oxygens (including phenoxy) is 1. The van der Waals surface area contributed by atoms with Crippen LogP contribution in [0.25, 0.3) is 22.0 Å². The fourth-order valence-electron chi connectivity index (χ4n) is 2.75. The van der Waals surface area contributed by atoms with Crippen LogP contribution in [0.2, 0.25) is 0 Å². The molecule has 3 rings (SSSR count). The molecule has 0 radical (unpaired) electrons. The summed E-state index contributed by atoms with van der Waals surface area (Å²) >= 11 is 0. The number of hydrogen-bond acceptors (Lipinski definition) is 5. The zero-order valence-electron chi connectivity index (χ0n) is 15.1. The van der Waals surface area contributed by atoms with Crippen LogP contribution in [0.5, 0.6) is 5.75 Å². The molecule has 6 nitrogen and oxygen atoms in total. The van der Waals surface area contributed by atoms with Crippen molar-refractivity contribution < 1.29 is 14.6 Å². The van der Waals surface area contributed by atoms with Crippen molar-refractivity contribution in [3.8, 4) is 22.9 Å². The number of carbonyl (C=O) groups is 1. The van der Waals surface area contributed by atoms with Crippen LogP contribution in [-0.4, -0.2) is 26.5 Å². The molecule has 0 bridgehead atoms. The van der Waals surface area contributed by atoms with Crippen LogP contribution in [0.15, 0.2) is 36.5 Å². The Hall–Kier alpha value is -3.33. The van der Waals surface area contributed by atoms with Gasteiger partial charge in [0.25, 0.3) is 0 Å². The summed E-state index contributed by atoms with van der Waals surface area (Å²) in [5.41, 5.74) is 2.07. The maximum Gasteiger partial charge on any atom is 0.342 e. The first-order chi connectivity index (χ1) is 12.2. The molecule has 0 amide bonds. The van der Waals surface area contributed by atoms with Crippen LogP contribution < -0.4 is 0 Å². The van der Waals surface area contributed by atoms with E-state index in [-0.39, 0.29) is 11.3 Å². The molecule has 0 fully saturated rings. The van der Waals surface area contributed by atoms with E-state index >= 15 is 0 Å². The molecular weight excluding hydrogens is 330 g/mol. The molecule has 3 aromatic rings. The van der Waals surface area contributed by atoms with Gasteiger partial charge in [-0.05, 0) is 56.2 Å². The molecule has 1 N–H and O–H groups in total. The molecular formula is C20H19N3O3. The van der Waals surface area contributed by atoms with Gasteiger partial charge >= 0.3 is 5.97 Å². The second kappa shape index (κ2) is 6.19. The molecule has 26 heavy (non-hydrogen) atoms. The first-order valence-corrected chi connectivity index (χ1v) is 8.12. The summed E-state index contributed by atoms with van der Waals surface area (Å²) in [4.78, 5) is 12.2. The number of nitrogens with zero attached hydrogens (tertiary/aromatic N) is 3. The van der Waals surface area contributed by atoms with E-state index in [2.05, 4.69) is 11.2 Å². The number of aromatic nitrogens is 2. The van der Waals surface area contributed by atoms with Crippen LogP contribution in [-0.2, 0) is 11.8 Å². The summed E-state index contributed by atoms with van der Waals surface area (Å²) in [6.45, 7) is 5.30. The van der Waals surface area contributed by atoms with Crippen LogP contribution >= 0.6 is 0 Å². The minimum Gasteiger partial charge on any atom is -0.507 e. The Bertz CT molecular complexity index is 1050. The second-order valence-electron chi connectivity index (χ2n) is 7.10. The molecule has 0 spiro atoms. The van der Waals surface area contributed by atoms with Gasteiger partial charge in [-0.3, -0.25) is 4.68 Å². The summed E-state index contributed by atoms with van der Waals surface area (Å²) < 4.78 is 6.98.